The van der Waals surface area contributed by atoms with E-state index in [0.29, 0.717) is 6.42 Å². The lowest BCUT2D eigenvalue weighted by Gasteiger charge is -2.29. The normalized spacial score (nSPS) is 15.1. The van der Waals surface area contributed by atoms with Crippen LogP contribution in [0.3, 0.4) is 0 Å². The molecule has 0 aromatic carbocycles. The second-order valence-corrected chi connectivity index (χ2v) is 6.50. The Morgan fingerprint density at radius 1 is 1.15 bits per heavy atom. The molecule has 0 radical (unpaired) electrons. The molecule has 0 heterocycles. The van der Waals surface area contributed by atoms with Crippen molar-refractivity contribution >= 4 is 5.97 Å². The monoisotopic (exact) mass is 287 g/mol. The highest BCUT2D eigenvalue weighted by atomic mass is 16.4. The number of nitrogens with zero attached hydrogens (tertiary/aromatic N) is 2. The van der Waals surface area contributed by atoms with Gasteiger partial charge < -0.3 is 14.9 Å². The average Bonchev–Trinajstić information content (AvgIpc) is 2.31. The first-order valence-corrected chi connectivity index (χ1v) is 7.51. The number of carboxylic acids is 1. The van der Waals surface area contributed by atoms with Crippen molar-refractivity contribution in [2.75, 3.05) is 40.8 Å². The molecule has 0 aliphatic carbocycles. The number of aliphatic carboxylic acids is 1. The number of carboxylic acid groups (broad SMARTS) is 1. The van der Waals surface area contributed by atoms with Gasteiger partial charge in [0.25, 0.3) is 0 Å². The first-order valence-electron chi connectivity index (χ1n) is 7.51. The quantitative estimate of drug-likeness (QED) is 0.564. The zero-order valence-electron chi connectivity index (χ0n) is 14.1. The van der Waals surface area contributed by atoms with Crippen molar-refractivity contribution < 1.29 is 9.90 Å². The van der Waals surface area contributed by atoms with Crippen molar-refractivity contribution in [2.45, 2.75) is 51.6 Å². The van der Waals surface area contributed by atoms with Gasteiger partial charge in [0, 0.05) is 19.1 Å². The Bertz CT molecular complexity index is 282. The number of hydrogen-bond acceptors (Lipinski definition) is 4. The van der Waals surface area contributed by atoms with Gasteiger partial charge in [0.2, 0.25) is 0 Å². The topological polar surface area (TPSA) is 55.8 Å². The molecular formula is C15H33N3O2. The zero-order chi connectivity index (χ0) is 15.8. The fourth-order valence-corrected chi connectivity index (χ4v) is 2.22. The van der Waals surface area contributed by atoms with Crippen LogP contribution in [0, 0.1) is 0 Å². The number of unbranched alkanes of at least 4 members (excludes halogenated alkanes) is 1. The van der Waals surface area contributed by atoms with Crippen molar-refractivity contribution in [2.24, 2.45) is 0 Å². The van der Waals surface area contributed by atoms with E-state index in [1.807, 2.05) is 13.8 Å². The van der Waals surface area contributed by atoms with Crippen LogP contribution in [-0.2, 0) is 4.79 Å². The maximum atomic E-state index is 11.4. The summed E-state index contributed by atoms with van der Waals surface area (Å²) in [6.07, 6.45) is 2.63. The van der Waals surface area contributed by atoms with Gasteiger partial charge in [-0.2, -0.15) is 0 Å². The van der Waals surface area contributed by atoms with Crippen LogP contribution in [-0.4, -0.2) is 73.2 Å². The number of likely N-dealkylation sites (N-methyl/N-ethyl adjacent to an activating group) is 2. The predicted octanol–water partition coefficient (Wildman–Crippen LogP) is 1.49. The Labute approximate surface area is 124 Å². The van der Waals surface area contributed by atoms with E-state index >= 15 is 0 Å². The Morgan fingerprint density at radius 3 is 2.20 bits per heavy atom. The standard InChI is InChI=1S/C15H33N3O2/c1-13(2)16-15(3,14(19)20)9-7-8-10-18(6)12-11-17(4)5/h13,16H,7-12H2,1-6H3,(H,19,20). The number of rotatable bonds is 11. The molecule has 0 bridgehead atoms. The third kappa shape index (κ3) is 8.51. The molecule has 1 unspecified atom stereocenters. The minimum atomic E-state index is -0.809. The molecule has 0 fully saturated rings. The van der Waals surface area contributed by atoms with E-state index in [-0.39, 0.29) is 6.04 Å². The van der Waals surface area contributed by atoms with Gasteiger partial charge in [0.1, 0.15) is 5.54 Å². The molecule has 0 saturated carbocycles. The zero-order valence-corrected chi connectivity index (χ0v) is 14.1. The van der Waals surface area contributed by atoms with Gasteiger partial charge in [-0.25, -0.2) is 0 Å². The molecular weight excluding hydrogens is 254 g/mol. The summed E-state index contributed by atoms with van der Waals surface area (Å²) in [6.45, 7) is 8.87. The van der Waals surface area contributed by atoms with E-state index in [9.17, 15) is 9.90 Å². The molecule has 0 aromatic rings. The van der Waals surface area contributed by atoms with Crippen LogP contribution >= 0.6 is 0 Å². The van der Waals surface area contributed by atoms with Crippen molar-refractivity contribution in [1.29, 1.82) is 0 Å². The Morgan fingerprint density at radius 2 is 1.75 bits per heavy atom. The van der Waals surface area contributed by atoms with E-state index in [4.69, 9.17) is 0 Å². The van der Waals surface area contributed by atoms with Gasteiger partial charge in [0.15, 0.2) is 0 Å². The molecule has 0 aromatic heterocycles. The van der Waals surface area contributed by atoms with Gasteiger partial charge in [-0.3, -0.25) is 10.1 Å². The van der Waals surface area contributed by atoms with Crippen LogP contribution < -0.4 is 5.32 Å². The smallest absolute Gasteiger partial charge is 0.323 e. The summed E-state index contributed by atoms with van der Waals surface area (Å²) in [5.74, 6) is -0.757. The molecule has 0 spiro atoms. The second kappa shape index (κ2) is 9.32. The van der Waals surface area contributed by atoms with Crippen LogP contribution in [0.15, 0.2) is 0 Å². The third-order valence-electron chi connectivity index (χ3n) is 3.47. The summed E-state index contributed by atoms with van der Waals surface area (Å²) in [7, 11) is 6.26. The van der Waals surface area contributed by atoms with Gasteiger partial charge in [-0.05, 0) is 67.7 Å². The highest BCUT2D eigenvalue weighted by molar-refractivity contribution is 5.78. The lowest BCUT2D eigenvalue weighted by atomic mass is 9.94. The number of hydrogen-bond donors (Lipinski definition) is 2. The summed E-state index contributed by atoms with van der Waals surface area (Å²) in [4.78, 5) is 15.9. The molecule has 0 saturated heterocycles. The minimum absolute atomic E-state index is 0.180. The molecule has 0 amide bonds. The van der Waals surface area contributed by atoms with Crippen LogP contribution in [0.25, 0.3) is 0 Å². The summed E-state index contributed by atoms with van der Waals surface area (Å²) < 4.78 is 0. The first-order chi connectivity index (χ1) is 9.17. The third-order valence-corrected chi connectivity index (χ3v) is 3.47. The van der Waals surface area contributed by atoms with Crippen LogP contribution in [0.2, 0.25) is 0 Å². The maximum absolute atomic E-state index is 11.4. The van der Waals surface area contributed by atoms with Gasteiger partial charge in [-0.1, -0.05) is 0 Å². The average molecular weight is 287 g/mol. The minimum Gasteiger partial charge on any atom is -0.480 e. The van der Waals surface area contributed by atoms with Crippen molar-refractivity contribution in [1.82, 2.24) is 15.1 Å². The molecule has 5 heteroatoms. The largest absolute Gasteiger partial charge is 0.480 e. The van der Waals surface area contributed by atoms with Crippen molar-refractivity contribution in [3.8, 4) is 0 Å². The lowest BCUT2D eigenvalue weighted by Crippen LogP contribution is -2.52. The fourth-order valence-electron chi connectivity index (χ4n) is 2.22. The summed E-state index contributed by atoms with van der Waals surface area (Å²) in [6, 6.07) is 0.180. The SMILES string of the molecule is CC(C)NC(C)(CCCCN(C)CCN(C)C)C(=O)O. The molecule has 1 atom stereocenters. The highest BCUT2D eigenvalue weighted by Crippen LogP contribution is 2.15. The summed E-state index contributed by atoms with van der Waals surface area (Å²) >= 11 is 0. The van der Waals surface area contributed by atoms with E-state index in [1.165, 1.54) is 0 Å². The summed E-state index contributed by atoms with van der Waals surface area (Å²) in [5.41, 5.74) is -0.809. The molecule has 2 N–H and O–H groups in total. The number of carbonyl (C=O) groups is 1. The summed E-state index contributed by atoms with van der Waals surface area (Å²) in [5, 5.41) is 12.5. The van der Waals surface area contributed by atoms with Gasteiger partial charge in [0.05, 0.1) is 0 Å². The van der Waals surface area contributed by atoms with Crippen LogP contribution in [0.5, 0.6) is 0 Å². The Balaban J connectivity index is 3.98. The highest BCUT2D eigenvalue weighted by Gasteiger charge is 2.32. The van der Waals surface area contributed by atoms with E-state index in [2.05, 4.69) is 36.3 Å². The van der Waals surface area contributed by atoms with E-state index < -0.39 is 11.5 Å². The van der Waals surface area contributed by atoms with Crippen LogP contribution in [0.4, 0.5) is 0 Å². The second-order valence-electron chi connectivity index (χ2n) is 6.50. The van der Waals surface area contributed by atoms with E-state index in [1.54, 1.807) is 6.92 Å². The van der Waals surface area contributed by atoms with Crippen molar-refractivity contribution in [3.05, 3.63) is 0 Å². The molecule has 5 nitrogen and oxygen atoms in total. The van der Waals surface area contributed by atoms with Gasteiger partial charge in [-0.15, -0.1) is 0 Å². The van der Waals surface area contributed by atoms with Crippen molar-refractivity contribution in [3.63, 3.8) is 0 Å². The predicted molar refractivity (Wildman–Crippen MR) is 84.2 cm³/mol. The Kier molecular flexibility index (Phi) is 9.01. The van der Waals surface area contributed by atoms with Gasteiger partial charge >= 0.3 is 5.97 Å². The van der Waals surface area contributed by atoms with E-state index in [0.717, 1.165) is 32.5 Å². The molecule has 0 aliphatic heterocycles. The fraction of sp³-hybridized carbons (Fsp3) is 0.933. The molecule has 20 heavy (non-hydrogen) atoms. The Hall–Kier alpha value is -0.650. The lowest BCUT2D eigenvalue weighted by molar-refractivity contribution is -0.144. The first kappa shape index (κ1) is 19.4. The molecule has 0 aliphatic rings. The number of nitrogens with one attached hydrogen (secondary N) is 1. The van der Waals surface area contributed by atoms with Crippen LogP contribution in [0.1, 0.15) is 40.0 Å². The molecule has 120 valence electrons. The molecule has 0 rings (SSSR count). The maximum Gasteiger partial charge on any atom is 0.323 e.